The molecular weight excluding hydrogens is 452 g/mol. The summed E-state index contributed by atoms with van der Waals surface area (Å²) in [4.78, 5) is 22.5. The average molecular weight is 483 g/mol. The van der Waals surface area contributed by atoms with Gasteiger partial charge in [-0.1, -0.05) is 18.2 Å². The molecule has 2 aliphatic carbocycles. The van der Waals surface area contributed by atoms with Crippen molar-refractivity contribution in [1.29, 1.82) is 0 Å². The highest BCUT2D eigenvalue weighted by Gasteiger charge is 2.66. The monoisotopic (exact) mass is 482 g/mol. The number of carbonyl (C=O) groups excluding carboxylic acids is 1. The van der Waals surface area contributed by atoms with Crippen LogP contribution in [0.4, 0.5) is 5.82 Å². The molecule has 0 bridgehead atoms. The van der Waals surface area contributed by atoms with Crippen LogP contribution in [-0.4, -0.2) is 72.4 Å². The van der Waals surface area contributed by atoms with Crippen molar-refractivity contribution < 1.29 is 9.53 Å². The predicted molar refractivity (Wildman–Crippen MR) is 139 cm³/mol. The fraction of sp³-hybridized carbons (Fsp3) is 0.393. The minimum atomic E-state index is -0.434. The molecule has 1 spiro atoms. The molecule has 36 heavy (non-hydrogen) atoms. The number of likely N-dealkylation sites (N-methyl/N-ethyl adjacent to an activating group) is 1. The molecule has 8 heteroatoms. The number of fused-ring (bicyclic) bond motifs is 2. The molecule has 2 fully saturated rings. The number of hydrogen-bond donors (Lipinski definition) is 2. The van der Waals surface area contributed by atoms with Gasteiger partial charge in [-0.3, -0.25) is 9.89 Å². The number of ether oxygens (including phenoxy) is 1. The number of nitrogens with zero attached hydrogens (tertiary/aromatic N) is 4. The molecule has 1 aromatic carbocycles. The molecule has 1 unspecified atom stereocenters. The molecule has 184 valence electrons. The van der Waals surface area contributed by atoms with E-state index in [2.05, 4.69) is 62.7 Å². The lowest BCUT2D eigenvalue weighted by molar-refractivity contribution is -0.123. The topological polar surface area (TPSA) is 86.4 Å². The molecule has 4 aliphatic rings. The summed E-state index contributed by atoms with van der Waals surface area (Å²) >= 11 is 0. The maximum Gasteiger partial charge on any atom is 0.235 e. The van der Waals surface area contributed by atoms with Gasteiger partial charge in [0.1, 0.15) is 11.5 Å². The maximum atomic E-state index is 13.1. The summed E-state index contributed by atoms with van der Waals surface area (Å²) in [5, 5.41) is 12.0. The summed E-state index contributed by atoms with van der Waals surface area (Å²) in [5.41, 5.74) is 5.79. The van der Waals surface area contributed by atoms with Gasteiger partial charge in [0.25, 0.3) is 0 Å². The zero-order valence-electron chi connectivity index (χ0n) is 20.6. The van der Waals surface area contributed by atoms with E-state index < -0.39 is 5.41 Å². The van der Waals surface area contributed by atoms with Crippen LogP contribution in [0.2, 0.25) is 0 Å². The van der Waals surface area contributed by atoms with Gasteiger partial charge >= 0.3 is 0 Å². The van der Waals surface area contributed by atoms with Crippen LogP contribution in [0.25, 0.3) is 22.2 Å². The van der Waals surface area contributed by atoms with Gasteiger partial charge in [0, 0.05) is 68.5 Å². The third-order valence-corrected chi connectivity index (χ3v) is 8.50. The summed E-state index contributed by atoms with van der Waals surface area (Å²) in [6, 6.07) is 10.7. The van der Waals surface area contributed by atoms with Crippen LogP contribution in [0.15, 0.2) is 60.0 Å². The smallest absolute Gasteiger partial charge is 0.235 e. The van der Waals surface area contributed by atoms with Crippen molar-refractivity contribution in [2.24, 2.45) is 5.41 Å². The summed E-state index contributed by atoms with van der Waals surface area (Å²) in [7, 11) is 3.88. The number of allylic oxidation sites excluding steroid dienone is 1. The Kier molecular flexibility index (Phi) is 4.84. The highest BCUT2D eigenvalue weighted by molar-refractivity contribution is 5.98. The van der Waals surface area contributed by atoms with Crippen LogP contribution >= 0.6 is 0 Å². The van der Waals surface area contributed by atoms with E-state index in [0.29, 0.717) is 0 Å². The van der Waals surface area contributed by atoms with Crippen molar-refractivity contribution in [3.05, 3.63) is 65.5 Å². The van der Waals surface area contributed by atoms with Gasteiger partial charge in [-0.05, 0) is 48.9 Å². The van der Waals surface area contributed by atoms with E-state index in [1.54, 1.807) is 7.11 Å². The lowest BCUT2D eigenvalue weighted by Crippen LogP contribution is -2.44. The van der Waals surface area contributed by atoms with Gasteiger partial charge in [0.05, 0.1) is 17.0 Å². The Morgan fingerprint density at radius 2 is 2.00 bits per heavy atom. The molecule has 4 heterocycles. The summed E-state index contributed by atoms with van der Waals surface area (Å²) in [6.45, 7) is 4.11. The van der Waals surface area contributed by atoms with Crippen LogP contribution < -0.4 is 10.2 Å². The fourth-order valence-electron chi connectivity index (χ4n) is 6.23. The average Bonchev–Trinajstić information content (AvgIpc) is 3.44. The first-order valence-electron chi connectivity index (χ1n) is 12.7. The van der Waals surface area contributed by atoms with Gasteiger partial charge in [-0.2, -0.15) is 5.10 Å². The number of methoxy groups -OCH3 is 1. The second-order valence-electron chi connectivity index (χ2n) is 10.5. The summed E-state index contributed by atoms with van der Waals surface area (Å²) < 4.78 is 5.56. The predicted octanol–water partition coefficient (Wildman–Crippen LogP) is 3.21. The van der Waals surface area contributed by atoms with Crippen LogP contribution in [0.5, 0.6) is 0 Å². The lowest BCUT2D eigenvalue weighted by Gasteiger charge is -2.33. The third-order valence-electron chi connectivity index (χ3n) is 8.50. The number of anilines is 1. The molecule has 3 atom stereocenters. The Labute approximate surface area is 210 Å². The first kappa shape index (κ1) is 21.8. The SMILES string of the molecule is COC1C=CC2=C(C1)[C@@]1(C[C@@H]1c1ccc3c(-c4ccc(N5CCN(C)CC5)nc4)n[nH]c3c1)C(=O)N2. The Balaban J connectivity index is 1.14. The van der Waals surface area contributed by atoms with Crippen LogP contribution in [0.3, 0.4) is 0 Å². The first-order chi connectivity index (χ1) is 17.6. The molecule has 8 nitrogen and oxygen atoms in total. The number of nitrogens with one attached hydrogen (secondary N) is 2. The maximum absolute atomic E-state index is 13.1. The molecule has 2 aromatic heterocycles. The van der Waals surface area contributed by atoms with Crippen LogP contribution in [0, 0.1) is 5.41 Å². The van der Waals surface area contributed by atoms with Crippen molar-refractivity contribution in [3.8, 4) is 11.3 Å². The van der Waals surface area contributed by atoms with Crippen molar-refractivity contribution in [3.63, 3.8) is 0 Å². The van der Waals surface area contributed by atoms with Crippen LogP contribution in [0.1, 0.15) is 24.3 Å². The zero-order valence-corrected chi connectivity index (χ0v) is 20.6. The second kappa shape index (κ2) is 8.01. The summed E-state index contributed by atoms with van der Waals surface area (Å²) in [5.74, 6) is 1.32. The molecule has 2 aliphatic heterocycles. The Hall–Kier alpha value is -3.49. The highest BCUT2D eigenvalue weighted by Crippen LogP contribution is 2.67. The van der Waals surface area contributed by atoms with Crippen molar-refractivity contribution in [1.82, 2.24) is 25.4 Å². The molecule has 0 radical (unpaired) electrons. The second-order valence-corrected chi connectivity index (χ2v) is 10.5. The number of piperazine rings is 1. The summed E-state index contributed by atoms with van der Waals surface area (Å²) in [6.07, 6.45) is 7.59. The van der Waals surface area contributed by atoms with E-state index in [0.717, 1.165) is 72.7 Å². The minimum absolute atomic E-state index is 0.0310. The molecule has 7 rings (SSSR count). The number of aromatic nitrogens is 3. The number of amides is 1. The quantitative estimate of drug-likeness (QED) is 0.594. The molecular formula is C28H30N6O2. The number of pyridine rings is 1. The molecule has 1 saturated carbocycles. The number of aromatic amines is 1. The fourth-order valence-corrected chi connectivity index (χ4v) is 6.23. The van der Waals surface area contributed by atoms with Gasteiger partial charge in [-0.25, -0.2) is 4.98 Å². The standard InChI is InChI=1S/C28H30N6O2/c1-33-9-11-34(12-10-33)25-8-4-18(16-29-25)26-20-6-3-17(13-24(20)31-32-26)22-15-28(22)21-14-19(36-2)5-7-23(21)30-27(28)35/h3-8,13,16,19,22H,9-12,14-15H2,1-2H3,(H,30,35)(H,31,32)/t19?,22-,28-/m1/s1. The Morgan fingerprint density at radius 1 is 1.14 bits per heavy atom. The van der Waals surface area contributed by atoms with Gasteiger partial charge < -0.3 is 19.9 Å². The first-order valence-corrected chi connectivity index (χ1v) is 12.7. The minimum Gasteiger partial charge on any atom is -0.377 e. The van der Waals surface area contributed by atoms with Gasteiger partial charge in [-0.15, -0.1) is 0 Å². The van der Waals surface area contributed by atoms with E-state index in [-0.39, 0.29) is 17.9 Å². The molecule has 1 amide bonds. The zero-order chi connectivity index (χ0) is 24.4. The van der Waals surface area contributed by atoms with E-state index in [1.165, 1.54) is 11.1 Å². The van der Waals surface area contributed by atoms with Crippen LogP contribution in [-0.2, 0) is 9.53 Å². The number of benzene rings is 1. The van der Waals surface area contributed by atoms with Crippen molar-refractivity contribution in [2.45, 2.75) is 24.9 Å². The van der Waals surface area contributed by atoms with E-state index >= 15 is 0 Å². The Bertz CT molecular complexity index is 1420. The molecule has 2 N–H and O–H groups in total. The number of hydrogen-bond acceptors (Lipinski definition) is 6. The van der Waals surface area contributed by atoms with E-state index in [4.69, 9.17) is 9.72 Å². The normalized spacial score (nSPS) is 27.7. The number of H-pyrrole nitrogens is 1. The van der Waals surface area contributed by atoms with Crippen molar-refractivity contribution in [2.75, 3.05) is 45.2 Å². The Morgan fingerprint density at radius 3 is 2.78 bits per heavy atom. The lowest BCUT2D eigenvalue weighted by atomic mass is 9.85. The number of carbonyl (C=O) groups is 1. The van der Waals surface area contributed by atoms with E-state index in [1.807, 2.05) is 18.3 Å². The molecule has 1 saturated heterocycles. The van der Waals surface area contributed by atoms with Gasteiger partial charge in [0.2, 0.25) is 5.91 Å². The largest absolute Gasteiger partial charge is 0.377 e. The van der Waals surface area contributed by atoms with E-state index in [9.17, 15) is 4.79 Å². The van der Waals surface area contributed by atoms with Crippen molar-refractivity contribution >= 4 is 22.6 Å². The third kappa shape index (κ3) is 3.24. The molecule has 3 aromatic rings. The highest BCUT2D eigenvalue weighted by atomic mass is 16.5. The van der Waals surface area contributed by atoms with Gasteiger partial charge in [0.15, 0.2) is 0 Å². The number of rotatable bonds is 4.